The van der Waals surface area contributed by atoms with Crippen molar-refractivity contribution < 1.29 is 23.9 Å². The number of rotatable bonds is 7. The minimum Gasteiger partial charge on any atom is -0.460 e. The van der Waals surface area contributed by atoms with Crippen LogP contribution in [0.1, 0.15) is 70.3 Å². The Morgan fingerprint density at radius 2 is 1.48 bits per heavy atom. The van der Waals surface area contributed by atoms with Crippen molar-refractivity contribution in [2.45, 2.75) is 78.2 Å². The highest BCUT2D eigenvalue weighted by Gasteiger charge is 2.28. The predicted molar refractivity (Wildman–Crippen MR) is 114 cm³/mol. The van der Waals surface area contributed by atoms with E-state index in [-0.39, 0.29) is 25.2 Å². The van der Waals surface area contributed by atoms with Crippen LogP contribution in [0.15, 0.2) is 24.3 Å². The molecule has 29 heavy (non-hydrogen) atoms. The minimum atomic E-state index is -0.964. The van der Waals surface area contributed by atoms with Gasteiger partial charge in [0.15, 0.2) is 0 Å². The lowest BCUT2D eigenvalue weighted by molar-refractivity contribution is -0.158. The maximum atomic E-state index is 12.5. The molecule has 0 fully saturated rings. The normalized spacial score (nSPS) is 12.4. The molecule has 1 amide bonds. The van der Waals surface area contributed by atoms with E-state index in [9.17, 15) is 14.4 Å². The van der Waals surface area contributed by atoms with Crippen molar-refractivity contribution in [3.8, 4) is 0 Å². The molecule has 0 saturated heterocycles. The summed E-state index contributed by atoms with van der Waals surface area (Å²) in [5.74, 6) is -1.46. The summed E-state index contributed by atoms with van der Waals surface area (Å²) in [5, 5.41) is 2.66. The molecule has 7 nitrogen and oxygen atoms in total. The Kier molecular flexibility index (Phi) is 10.3. The summed E-state index contributed by atoms with van der Waals surface area (Å²) >= 11 is 0. The van der Waals surface area contributed by atoms with E-state index in [1.54, 1.807) is 65.8 Å². The highest BCUT2D eigenvalue weighted by molar-refractivity contribution is 5.97. The minimum absolute atomic E-state index is 0. The zero-order valence-corrected chi connectivity index (χ0v) is 18.9. The number of carbonyl (C=O) groups excluding carboxylic acids is 3. The first-order chi connectivity index (χ1) is 12.8. The average molecular weight is 429 g/mol. The predicted octanol–water partition coefficient (Wildman–Crippen LogP) is 3.13. The second-order valence-corrected chi connectivity index (χ2v) is 8.59. The Bertz CT molecular complexity index is 691. The van der Waals surface area contributed by atoms with Crippen molar-refractivity contribution in [2.75, 3.05) is 0 Å². The van der Waals surface area contributed by atoms with E-state index in [1.807, 2.05) is 0 Å². The molecule has 164 valence electrons. The average Bonchev–Trinajstić information content (AvgIpc) is 2.55. The van der Waals surface area contributed by atoms with Gasteiger partial charge in [0.2, 0.25) is 0 Å². The number of amides is 1. The molecule has 1 aromatic rings. The summed E-state index contributed by atoms with van der Waals surface area (Å²) in [7, 11) is 0. The van der Waals surface area contributed by atoms with Gasteiger partial charge in [0.1, 0.15) is 17.2 Å². The molecule has 0 aliphatic rings. The molecule has 3 N–H and O–H groups in total. The van der Waals surface area contributed by atoms with Crippen molar-refractivity contribution in [1.82, 2.24) is 5.32 Å². The van der Waals surface area contributed by atoms with Crippen LogP contribution in [-0.4, -0.2) is 35.1 Å². The van der Waals surface area contributed by atoms with E-state index in [0.29, 0.717) is 12.1 Å². The van der Waals surface area contributed by atoms with Crippen molar-refractivity contribution >= 4 is 30.3 Å². The summed E-state index contributed by atoms with van der Waals surface area (Å²) in [6.07, 6.45) is 0.0595. The zero-order valence-electron chi connectivity index (χ0n) is 18.0. The van der Waals surface area contributed by atoms with Crippen LogP contribution in [0.5, 0.6) is 0 Å². The van der Waals surface area contributed by atoms with Gasteiger partial charge in [-0.2, -0.15) is 0 Å². The fourth-order valence-electron chi connectivity index (χ4n) is 2.31. The second kappa shape index (κ2) is 11.2. The third-order valence-electron chi connectivity index (χ3n) is 3.51. The molecule has 0 radical (unpaired) electrons. The molecule has 1 rings (SSSR count). The van der Waals surface area contributed by atoms with Crippen LogP contribution < -0.4 is 11.1 Å². The van der Waals surface area contributed by atoms with E-state index in [4.69, 9.17) is 15.2 Å². The van der Waals surface area contributed by atoms with Crippen LogP contribution in [-0.2, 0) is 25.6 Å². The lowest BCUT2D eigenvalue weighted by Crippen LogP contribution is -2.44. The Balaban J connectivity index is 0.00000784. The number of esters is 2. The highest BCUT2D eigenvalue weighted by Crippen LogP contribution is 2.14. The smallest absolute Gasteiger partial charge is 0.329 e. The number of nitrogens with two attached hydrogens (primary N) is 1. The lowest BCUT2D eigenvalue weighted by atomic mass is 10.1. The number of carbonyl (C=O) groups is 3. The van der Waals surface area contributed by atoms with Crippen molar-refractivity contribution in [2.24, 2.45) is 5.73 Å². The number of benzene rings is 1. The number of halogens is 1. The van der Waals surface area contributed by atoms with E-state index in [1.165, 1.54) is 0 Å². The van der Waals surface area contributed by atoms with E-state index >= 15 is 0 Å². The topological polar surface area (TPSA) is 108 Å². The molecule has 0 heterocycles. The van der Waals surface area contributed by atoms with Crippen molar-refractivity contribution in [1.29, 1.82) is 0 Å². The van der Waals surface area contributed by atoms with Crippen LogP contribution >= 0.6 is 12.4 Å². The maximum absolute atomic E-state index is 12.5. The standard InChI is InChI=1S/C21H32N2O5.ClH/c1-20(2,3)27-17(24)12-11-16(19(26)28-21(4,5)6)23-18(25)15-9-7-14(13-22)8-10-15;/h7-10,16H,11-13,22H2,1-6H3,(H,23,25);1H/t16-;/m0./s1. The maximum Gasteiger partial charge on any atom is 0.329 e. The zero-order chi connectivity index (χ0) is 21.5. The van der Waals surface area contributed by atoms with Gasteiger partial charge in [-0.15, -0.1) is 12.4 Å². The Hall–Kier alpha value is -2.12. The fraction of sp³-hybridized carbons (Fsp3) is 0.571. The molecule has 1 atom stereocenters. The first-order valence-electron chi connectivity index (χ1n) is 9.35. The van der Waals surface area contributed by atoms with Crippen LogP contribution in [0.25, 0.3) is 0 Å². The van der Waals surface area contributed by atoms with Gasteiger partial charge in [0.05, 0.1) is 0 Å². The number of nitrogens with one attached hydrogen (secondary N) is 1. The monoisotopic (exact) mass is 428 g/mol. The molecule has 8 heteroatoms. The number of hydrogen-bond acceptors (Lipinski definition) is 6. The van der Waals surface area contributed by atoms with E-state index in [2.05, 4.69) is 5.32 Å². The molecule has 0 unspecified atom stereocenters. The molecule has 0 bridgehead atoms. The Morgan fingerprint density at radius 3 is 1.93 bits per heavy atom. The summed E-state index contributed by atoms with van der Waals surface area (Å²) in [6, 6.07) is 5.80. The van der Waals surface area contributed by atoms with Crippen LogP contribution in [0, 0.1) is 0 Å². The molecule has 0 saturated carbocycles. The number of hydrogen-bond donors (Lipinski definition) is 2. The third kappa shape index (κ3) is 10.9. The van der Waals surface area contributed by atoms with Gasteiger partial charge in [-0.05, 0) is 65.7 Å². The van der Waals surface area contributed by atoms with Gasteiger partial charge >= 0.3 is 11.9 Å². The lowest BCUT2D eigenvalue weighted by Gasteiger charge is -2.25. The molecular formula is C21H33ClN2O5. The van der Waals surface area contributed by atoms with E-state index < -0.39 is 35.1 Å². The van der Waals surface area contributed by atoms with Crippen LogP contribution in [0.4, 0.5) is 0 Å². The SMILES string of the molecule is CC(C)(C)OC(=O)CC[C@H](NC(=O)c1ccc(CN)cc1)C(=O)OC(C)(C)C.Cl. The molecule has 0 aromatic heterocycles. The number of ether oxygens (including phenoxy) is 2. The first kappa shape index (κ1) is 26.9. The largest absolute Gasteiger partial charge is 0.460 e. The summed E-state index contributed by atoms with van der Waals surface area (Å²) < 4.78 is 10.7. The molecule has 1 aromatic carbocycles. The van der Waals surface area contributed by atoms with Gasteiger partial charge in [0.25, 0.3) is 5.91 Å². The molecular weight excluding hydrogens is 396 g/mol. The van der Waals surface area contributed by atoms with Crippen molar-refractivity contribution in [3.05, 3.63) is 35.4 Å². The third-order valence-corrected chi connectivity index (χ3v) is 3.51. The molecule has 0 aliphatic carbocycles. The fourth-order valence-corrected chi connectivity index (χ4v) is 2.31. The Morgan fingerprint density at radius 1 is 0.966 bits per heavy atom. The van der Waals surface area contributed by atoms with Gasteiger partial charge in [-0.1, -0.05) is 12.1 Å². The van der Waals surface area contributed by atoms with Gasteiger partial charge in [-0.3, -0.25) is 9.59 Å². The Labute approximate surface area is 179 Å². The molecule has 0 aliphatic heterocycles. The quantitative estimate of drug-likeness (QED) is 0.646. The summed E-state index contributed by atoms with van der Waals surface area (Å²) in [6.45, 7) is 10.9. The second-order valence-electron chi connectivity index (χ2n) is 8.59. The van der Waals surface area contributed by atoms with Crippen LogP contribution in [0.2, 0.25) is 0 Å². The van der Waals surface area contributed by atoms with Crippen LogP contribution in [0.3, 0.4) is 0 Å². The first-order valence-corrected chi connectivity index (χ1v) is 9.35. The van der Waals surface area contributed by atoms with Gasteiger partial charge < -0.3 is 20.5 Å². The van der Waals surface area contributed by atoms with Gasteiger partial charge in [0, 0.05) is 18.5 Å². The summed E-state index contributed by atoms with van der Waals surface area (Å²) in [4.78, 5) is 37.0. The molecule has 0 spiro atoms. The highest BCUT2D eigenvalue weighted by atomic mass is 35.5. The van der Waals surface area contributed by atoms with Gasteiger partial charge in [-0.25, -0.2) is 4.79 Å². The van der Waals surface area contributed by atoms with Crippen molar-refractivity contribution in [3.63, 3.8) is 0 Å². The summed E-state index contributed by atoms with van der Waals surface area (Å²) in [5.41, 5.74) is 5.51. The van der Waals surface area contributed by atoms with E-state index in [0.717, 1.165) is 5.56 Å².